The molecule has 21 heavy (non-hydrogen) atoms. The zero-order chi connectivity index (χ0) is 15.1. The van der Waals surface area contributed by atoms with Crippen LogP contribution in [0.15, 0.2) is 18.3 Å². The number of hydrogen-bond acceptors (Lipinski definition) is 5. The topological polar surface area (TPSA) is 80.5 Å². The molecule has 0 spiro atoms. The minimum absolute atomic E-state index is 0.125. The van der Waals surface area contributed by atoms with Crippen molar-refractivity contribution in [3.8, 4) is 0 Å². The maximum atomic E-state index is 11.8. The Kier molecular flexibility index (Phi) is 5.95. The molecule has 6 nitrogen and oxygen atoms in total. The van der Waals surface area contributed by atoms with Crippen molar-refractivity contribution in [2.75, 3.05) is 37.7 Å². The van der Waals surface area contributed by atoms with Crippen molar-refractivity contribution in [3.05, 3.63) is 24.0 Å². The maximum absolute atomic E-state index is 11.8. The highest BCUT2D eigenvalue weighted by Gasteiger charge is 2.20. The van der Waals surface area contributed by atoms with Crippen LogP contribution in [0.4, 0.5) is 5.69 Å². The van der Waals surface area contributed by atoms with Crippen LogP contribution in [0.2, 0.25) is 0 Å². The van der Waals surface area contributed by atoms with Gasteiger partial charge in [0.05, 0.1) is 12.7 Å². The molecule has 6 heteroatoms. The van der Waals surface area contributed by atoms with Crippen LogP contribution in [0.5, 0.6) is 0 Å². The van der Waals surface area contributed by atoms with E-state index in [-0.39, 0.29) is 5.91 Å². The Morgan fingerprint density at radius 3 is 2.95 bits per heavy atom. The Bertz CT molecular complexity index is 459. The van der Waals surface area contributed by atoms with E-state index in [1.54, 1.807) is 6.20 Å². The molecule has 2 heterocycles. The quantitative estimate of drug-likeness (QED) is 0.809. The Hall–Kier alpha value is -1.66. The van der Waals surface area contributed by atoms with E-state index in [1.165, 1.54) is 0 Å². The average Bonchev–Trinajstić information content (AvgIpc) is 2.54. The summed E-state index contributed by atoms with van der Waals surface area (Å²) in [7, 11) is 0. The molecular weight excluding hydrogens is 268 g/mol. The van der Waals surface area contributed by atoms with Gasteiger partial charge in [0.1, 0.15) is 5.69 Å². The molecule has 0 unspecified atom stereocenters. The number of nitrogens with two attached hydrogens (primary N) is 1. The number of carbonyl (C=O) groups excluding carboxylic acids is 1. The third kappa shape index (κ3) is 4.41. The number of nitrogens with one attached hydrogen (secondary N) is 1. The van der Waals surface area contributed by atoms with Gasteiger partial charge in [-0.1, -0.05) is 0 Å². The summed E-state index contributed by atoms with van der Waals surface area (Å²) in [4.78, 5) is 18.2. The molecule has 1 aliphatic heterocycles. The fourth-order valence-corrected chi connectivity index (χ4v) is 2.51. The number of rotatable bonds is 6. The van der Waals surface area contributed by atoms with Crippen molar-refractivity contribution in [2.45, 2.75) is 25.9 Å². The summed E-state index contributed by atoms with van der Waals surface area (Å²) in [5, 5.41) is 2.77. The molecule has 1 fully saturated rings. The van der Waals surface area contributed by atoms with Crippen LogP contribution < -0.4 is 16.0 Å². The van der Waals surface area contributed by atoms with Gasteiger partial charge in [-0.05, 0) is 31.9 Å². The number of aromatic nitrogens is 1. The Labute approximate surface area is 125 Å². The molecule has 0 aliphatic carbocycles. The van der Waals surface area contributed by atoms with Gasteiger partial charge in [-0.2, -0.15) is 0 Å². The van der Waals surface area contributed by atoms with Gasteiger partial charge in [0.25, 0.3) is 5.91 Å². The second kappa shape index (κ2) is 7.95. The number of piperidine rings is 1. The third-order valence-corrected chi connectivity index (χ3v) is 3.59. The lowest BCUT2D eigenvalue weighted by atomic mass is 10.1. The van der Waals surface area contributed by atoms with Gasteiger partial charge in [0.2, 0.25) is 0 Å². The van der Waals surface area contributed by atoms with Crippen LogP contribution in [0.3, 0.4) is 0 Å². The van der Waals surface area contributed by atoms with E-state index in [0.717, 1.165) is 31.6 Å². The highest BCUT2D eigenvalue weighted by Crippen LogP contribution is 2.21. The molecule has 1 aromatic rings. The second-order valence-corrected chi connectivity index (χ2v) is 5.10. The predicted molar refractivity (Wildman–Crippen MR) is 82.5 cm³/mol. The first-order valence-corrected chi connectivity index (χ1v) is 7.55. The number of pyridine rings is 1. The molecule has 116 valence electrons. The van der Waals surface area contributed by atoms with Crippen molar-refractivity contribution in [3.63, 3.8) is 0 Å². The summed E-state index contributed by atoms with van der Waals surface area (Å²) in [6, 6.07) is 3.80. The highest BCUT2D eigenvalue weighted by atomic mass is 16.5. The molecule has 1 aromatic heterocycles. The van der Waals surface area contributed by atoms with Gasteiger partial charge in [0.15, 0.2) is 0 Å². The molecule has 0 saturated carbocycles. The van der Waals surface area contributed by atoms with E-state index in [1.807, 2.05) is 19.1 Å². The smallest absolute Gasteiger partial charge is 0.269 e. The van der Waals surface area contributed by atoms with Crippen LogP contribution in [0, 0.1) is 0 Å². The summed E-state index contributed by atoms with van der Waals surface area (Å²) in [5.74, 6) is -0.125. The van der Waals surface area contributed by atoms with Gasteiger partial charge in [0, 0.05) is 38.1 Å². The predicted octanol–water partition coefficient (Wildman–Crippen LogP) is 0.775. The van der Waals surface area contributed by atoms with Gasteiger partial charge >= 0.3 is 0 Å². The maximum Gasteiger partial charge on any atom is 0.269 e. The average molecular weight is 292 g/mol. The van der Waals surface area contributed by atoms with Crippen LogP contribution >= 0.6 is 0 Å². The van der Waals surface area contributed by atoms with E-state index in [4.69, 9.17) is 10.5 Å². The first-order valence-electron chi connectivity index (χ1n) is 7.55. The van der Waals surface area contributed by atoms with E-state index in [2.05, 4.69) is 15.2 Å². The number of hydrogen-bond donors (Lipinski definition) is 2. The molecule has 0 atom stereocenters. The summed E-state index contributed by atoms with van der Waals surface area (Å²) in [6.07, 6.45) is 3.96. The van der Waals surface area contributed by atoms with E-state index in [0.29, 0.717) is 31.5 Å². The van der Waals surface area contributed by atoms with Gasteiger partial charge in [-0.3, -0.25) is 9.78 Å². The van der Waals surface area contributed by atoms with Crippen LogP contribution in [-0.4, -0.2) is 49.8 Å². The largest absolute Gasteiger partial charge is 0.377 e. The monoisotopic (exact) mass is 292 g/mol. The van der Waals surface area contributed by atoms with Crippen molar-refractivity contribution < 1.29 is 9.53 Å². The normalized spacial score (nSPS) is 16.0. The van der Waals surface area contributed by atoms with E-state index >= 15 is 0 Å². The Balaban J connectivity index is 1.94. The van der Waals surface area contributed by atoms with Crippen molar-refractivity contribution in [2.24, 2.45) is 5.73 Å². The molecule has 1 amide bonds. The van der Waals surface area contributed by atoms with E-state index < -0.39 is 0 Å². The molecule has 0 radical (unpaired) electrons. The number of anilines is 1. The minimum atomic E-state index is -0.125. The van der Waals surface area contributed by atoms with Gasteiger partial charge < -0.3 is 20.7 Å². The summed E-state index contributed by atoms with van der Waals surface area (Å²) < 4.78 is 5.68. The first-order chi connectivity index (χ1) is 10.2. The molecular formula is C15H24N4O2. The third-order valence-electron chi connectivity index (χ3n) is 3.59. The number of amides is 1. The van der Waals surface area contributed by atoms with E-state index in [9.17, 15) is 4.79 Å². The zero-order valence-electron chi connectivity index (χ0n) is 12.5. The molecule has 0 bridgehead atoms. The molecule has 1 saturated heterocycles. The second-order valence-electron chi connectivity index (χ2n) is 5.10. The summed E-state index contributed by atoms with van der Waals surface area (Å²) in [5.41, 5.74) is 6.97. The molecule has 2 rings (SSSR count). The first kappa shape index (κ1) is 15.7. The molecule has 1 aliphatic rings. The Morgan fingerprint density at radius 2 is 2.29 bits per heavy atom. The standard InChI is InChI=1S/C15H24N4O2/c1-2-17-15(20)14-11-12(3-7-18-14)19-8-4-13(5-9-19)21-10-6-16/h3,7,11,13H,2,4-6,8-10,16H2,1H3,(H,17,20). The Morgan fingerprint density at radius 1 is 1.52 bits per heavy atom. The van der Waals surface area contributed by atoms with Crippen LogP contribution in [0.25, 0.3) is 0 Å². The lowest BCUT2D eigenvalue weighted by Crippen LogP contribution is -2.37. The lowest BCUT2D eigenvalue weighted by Gasteiger charge is -2.33. The SMILES string of the molecule is CCNC(=O)c1cc(N2CCC(OCCN)CC2)ccn1. The minimum Gasteiger partial charge on any atom is -0.377 e. The van der Waals surface area contributed by atoms with Crippen LogP contribution in [0.1, 0.15) is 30.3 Å². The fourth-order valence-electron chi connectivity index (χ4n) is 2.51. The van der Waals surface area contributed by atoms with Crippen LogP contribution in [-0.2, 0) is 4.74 Å². The summed E-state index contributed by atoms with van der Waals surface area (Å²) in [6.45, 7) is 5.55. The zero-order valence-corrected chi connectivity index (χ0v) is 12.5. The summed E-state index contributed by atoms with van der Waals surface area (Å²) >= 11 is 0. The van der Waals surface area contributed by atoms with Crippen molar-refractivity contribution in [1.29, 1.82) is 0 Å². The number of carbonyl (C=O) groups is 1. The van der Waals surface area contributed by atoms with Crippen molar-refractivity contribution >= 4 is 11.6 Å². The van der Waals surface area contributed by atoms with Gasteiger partial charge in [-0.15, -0.1) is 0 Å². The van der Waals surface area contributed by atoms with Gasteiger partial charge in [-0.25, -0.2) is 0 Å². The van der Waals surface area contributed by atoms with Crippen molar-refractivity contribution in [1.82, 2.24) is 10.3 Å². The number of ether oxygens (including phenoxy) is 1. The molecule has 0 aromatic carbocycles. The molecule has 3 N–H and O–H groups in total. The highest BCUT2D eigenvalue weighted by molar-refractivity contribution is 5.93. The number of nitrogens with zero attached hydrogens (tertiary/aromatic N) is 2. The fraction of sp³-hybridized carbons (Fsp3) is 0.600. The lowest BCUT2D eigenvalue weighted by molar-refractivity contribution is 0.0422.